The van der Waals surface area contributed by atoms with Gasteiger partial charge in [-0.05, 0) is 19.1 Å². The summed E-state index contributed by atoms with van der Waals surface area (Å²) in [4.78, 5) is 0. The predicted molar refractivity (Wildman–Crippen MR) is 65.6 cm³/mol. The molecule has 0 bridgehead atoms. The number of hydrogen-bond donors (Lipinski definition) is 0. The molecule has 0 aliphatic carbocycles. The van der Waals surface area contributed by atoms with Crippen LogP contribution >= 0.6 is 11.6 Å². The van der Waals surface area contributed by atoms with Gasteiger partial charge in [0.05, 0.1) is 19.7 Å². The minimum Gasteiger partial charge on any atom is -0.492 e. The standard InChI is InChI=1S/C11H17ClOSi/c1-5-13-11-7-6-9(8-10(11)12)14(2,3)4/h6-8H,5H2,1-4H3. The molecule has 0 atom stereocenters. The minimum absolute atomic E-state index is 0.659. The van der Waals surface area contributed by atoms with Crippen LogP contribution < -0.4 is 9.92 Å². The van der Waals surface area contributed by atoms with E-state index < -0.39 is 8.07 Å². The molecule has 1 rings (SSSR count). The highest BCUT2D eigenvalue weighted by Crippen LogP contribution is 2.23. The summed E-state index contributed by atoms with van der Waals surface area (Å²) in [5.74, 6) is 0.788. The second kappa shape index (κ2) is 4.37. The molecule has 0 spiro atoms. The number of benzene rings is 1. The van der Waals surface area contributed by atoms with Crippen molar-refractivity contribution in [3.63, 3.8) is 0 Å². The van der Waals surface area contributed by atoms with Crippen molar-refractivity contribution in [3.8, 4) is 5.75 Å². The number of rotatable bonds is 3. The zero-order valence-corrected chi connectivity index (χ0v) is 11.0. The van der Waals surface area contributed by atoms with E-state index in [1.54, 1.807) is 0 Å². The van der Waals surface area contributed by atoms with Crippen LogP contribution in [0.5, 0.6) is 5.75 Å². The van der Waals surface area contributed by atoms with Gasteiger partial charge in [0.15, 0.2) is 0 Å². The molecule has 0 aliphatic heterocycles. The first-order valence-corrected chi connectivity index (χ1v) is 8.75. The van der Waals surface area contributed by atoms with E-state index in [0.29, 0.717) is 6.61 Å². The maximum Gasteiger partial charge on any atom is 0.137 e. The topological polar surface area (TPSA) is 9.23 Å². The van der Waals surface area contributed by atoms with Crippen molar-refractivity contribution in [2.24, 2.45) is 0 Å². The van der Waals surface area contributed by atoms with Crippen molar-refractivity contribution in [1.82, 2.24) is 0 Å². The van der Waals surface area contributed by atoms with Gasteiger partial charge >= 0.3 is 0 Å². The van der Waals surface area contributed by atoms with E-state index >= 15 is 0 Å². The average Bonchev–Trinajstić information content (AvgIpc) is 2.07. The third kappa shape index (κ3) is 2.76. The zero-order chi connectivity index (χ0) is 10.8. The van der Waals surface area contributed by atoms with E-state index in [-0.39, 0.29) is 0 Å². The fourth-order valence-electron chi connectivity index (χ4n) is 1.24. The van der Waals surface area contributed by atoms with Crippen LogP contribution in [0, 0.1) is 0 Å². The highest BCUT2D eigenvalue weighted by Gasteiger charge is 2.17. The lowest BCUT2D eigenvalue weighted by Crippen LogP contribution is -2.37. The highest BCUT2D eigenvalue weighted by molar-refractivity contribution is 6.88. The lowest BCUT2D eigenvalue weighted by atomic mass is 10.3. The molecule has 0 saturated carbocycles. The number of hydrogen-bond acceptors (Lipinski definition) is 1. The Balaban J connectivity index is 3.01. The quantitative estimate of drug-likeness (QED) is 0.722. The van der Waals surface area contributed by atoms with Crippen molar-refractivity contribution >= 4 is 24.9 Å². The molecule has 1 nitrogen and oxygen atoms in total. The summed E-state index contributed by atoms with van der Waals surface area (Å²) in [5, 5.41) is 2.10. The van der Waals surface area contributed by atoms with Crippen LogP contribution in [0.2, 0.25) is 24.7 Å². The van der Waals surface area contributed by atoms with Crippen molar-refractivity contribution in [2.45, 2.75) is 26.6 Å². The van der Waals surface area contributed by atoms with E-state index in [1.165, 1.54) is 5.19 Å². The molecular formula is C11H17ClOSi. The maximum absolute atomic E-state index is 6.11. The van der Waals surface area contributed by atoms with E-state index in [9.17, 15) is 0 Å². The van der Waals surface area contributed by atoms with Gasteiger partial charge in [-0.2, -0.15) is 0 Å². The summed E-state index contributed by atoms with van der Waals surface area (Å²) in [6.45, 7) is 9.53. The first kappa shape index (κ1) is 11.6. The summed E-state index contributed by atoms with van der Waals surface area (Å²) < 4.78 is 5.39. The summed E-state index contributed by atoms with van der Waals surface area (Å²) in [5.41, 5.74) is 0. The smallest absolute Gasteiger partial charge is 0.137 e. The predicted octanol–water partition coefficient (Wildman–Crippen LogP) is 3.28. The molecule has 0 aliphatic rings. The molecule has 0 saturated heterocycles. The SMILES string of the molecule is CCOc1ccc([Si](C)(C)C)cc1Cl. The average molecular weight is 229 g/mol. The van der Waals surface area contributed by atoms with Crippen LogP contribution in [-0.2, 0) is 0 Å². The van der Waals surface area contributed by atoms with Gasteiger partial charge in [0.2, 0.25) is 0 Å². The van der Waals surface area contributed by atoms with Gasteiger partial charge in [-0.15, -0.1) is 0 Å². The van der Waals surface area contributed by atoms with E-state index in [4.69, 9.17) is 16.3 Å². The molecular weight excluding hydrogens is 212 g/mol. The molecule has 1 aromatic rings. The third-order valence-electron chi connectivity index (χ3n) is 2.10. The molecule has 14 heavy (non-hydrogen) atoms. The molecule has 78 valence electrons. The van der Waals surface area contributed by atoms with Gasteiger partial charge in [-0.3, -0.25) is 0 Å². The lowest BCUT2D eigenvalue weighted by Gasteiger charge is -2.17. The van der Waals surface area contributed by atoms with Crippen molar-refractivity contribution < 1.29 is 4.74 Å². The monoisotopic (exact) mass is 228 g/mol. The molecule has 0 heterocycles. The second-order valence-electron chi connectivity index (χ2n) is 4.33. The Morgan fingerprint density at radius 3 is 2.36 bits per heavy atom. The lowest BCUT2D eigenvalue weighted by molar-refractivity contribution is 0.340. The van der Waals surface area contributed by atoms with Gasteiger partial charge in [0.1, 0.15) is 5.75 Å². The maximum atomic E-state index is 6.11. The third-order valence-corrected chi connectivity index (χ3v) is 4.44. The molecule has 3 heteroatoms. The number of ether oxygens (including phenoxy) is 1. The van der Waals surface area contributed by atoms with Gasteiger partial charge in [0, 0.05) is 0 Å². The van der Waals surface area contributed by atoms with Crippen LogP contribution in [0.4, 0.5) is 0 Å². The van der Waals surface area contributed by atoms with Crippen molar-refractivity contribution in [1.29, 1.82) is 0 Å². The van der Waals surface area contributed by atoms with E-state index in [1.807, 2.05) is 19.1 Å². The van der Waals surface area contributed by atoms with Crippen molar-refractivity contribution in [2.75, 3.05) is 6.61 Å². The molecule has 0 unspecified atom stereocenters. The Bertz CT molecular complexity index is 318. The summed E-state index contributed by atoms with van der Waals surface area (Å²) in [6, 6.07) is 6.14. The first-order chi connectivity index (χ1) is 6.45. The first-order valence-electron chi connectivity index (χ1n) is 4.88. The second-order valence-corrected chi connectivity index (χ2v) is 9.81. The number of halogens is 1. The molecule has 0 fully saturated rings. The zero-order valence-electron chi connectivity index (χ0n) is 9.23. The Kier molecular flexibility index (Phi) is 3.62. The summed E-state index contributed by atoms with van der Waals surface area (Å²) in [7, 11) is -1.25. The molecule has 0 aromatic heterocycles. The fraction of sp³-hybridized carbons (Fsp3) is 0.455. The molecule has 0 radical (unpaired) electrons. The highest BCUT2D eigenvalue weighted by atomic mass is 35.5. The van der Waals surface area contributed by atoms with Crippen LogP contribution in [0.1, 0.15) is 6.92 Å². The van der Waals surface area contributed by atoms with Gasteiger partial charge < -0.3 is 4.74 Å². The summed E-state index contributed by atoms with van der Waals surface area (Å²) >= 11 is 6.11. The van der Waals surface area contributed by atoms with Crippen LogP contribution in [0.25, 0.3) is 0 Å². The van der Waals surface area contributed by atoms with E-state index in [0.717, 1.165) is 10.8 Å². The van der Waals surface area contributed by atoms with Crippen molar-refractivity contribution in [3.05, 3.63) is 23.2 Å². The Morgan fingerprint density at radius 1 is 1.29 bits per heavy atom. The summed E-state index contributed by atoms with van der Waals surface area (Å²) in [6.07, 6.45) is 0. The minimum atomic E-state index is -1.25. The molecule has 0 N–H and O–H groups in total. The normalized spacial score (nSPS) is 11.5. The fourth-order valence-corrected chi connectivity index (χ4v) is 2.73. The Morgan fingerprint density at radius 2 is 1.93 bits per heavy atom. The van der Waals surface area contributed by atoms with E-state index in [2.05, 4.69) is 25.7 Å². The Hall–Kier alpha value is -0.473. The van der Waals surface area contributed by atoms with Gasteiger partial charge in [0.25, 0.3) is 0 Å². The van der Waals surface area contributed by atoms with Crippen LogP contribution in [0.15, 0.2) is 18.2 Å². The molecule has 1 aromatic carbocycles. The Labute approximate surface area is 92.1 Å². The van der Waals surface area contributed by atoms with Crippen LogP contribution in [-0.4, -0.2) is 14.7 Å². The van der Waals surface area contributed by atoms with Gasteiger partial charge in [-0.25, -0.2) is 0 Å². The molecule has 0 amide bonds. The largest absolute Gasteiger partial charge is 0.492 e. The van der Waals surface area contributed by atoms with Gasteiger partial charge in [-0.1, -0.05) is 42.5 Å². The van der Waals surface area contributed by atoms with Crippen LogP contribution in [0.3, 0.4) is 0 Å².